The zero-order chi connectivity index (χ0) is 14.8. The van der Waals surface area contributed by atoms with Gasteiger partial charge in [-0.1, -0.05) is 11.6 Å². The lowest BCUT2D eigenvalue weighted by Crippen LogP contribution is -2.47. The van der Waals surface area contributed by atoms with E-state index in [0.29, 0.717) is 10.8 Å². The predicted octanol–water partition coefficient (Wildman–Crippen LogP) is 2.78. The Morgan fingerprint density at radius 3 is 2.29 bits per heavy atom. The van der Waals surface area contributed by atoms with Gasteiger partial charge in [-0.2, -0.15) is 0 Å². The van der Waals surface area contributed by atoms with Gasteiger partial charge >= 0.3 is 0 Å². The summed E-state index contributed by atoms with van der Waals surface area (Å²) in [5, 5.41) is 0.316. The van der Waals surface area contributed by atoms with Crippen molar-refractivity contribution >= 4 is 28.8 Å². The number of nitrogens with two attached hydrogens (primary N) is 1. The molecule has 1 aromatic heterocycles. The zero-order valence-electron chi connectivity index (χ0n) is 11.5. The molecule has 1 fully saturated rings. The van der Waals surface area contributed by atoms with Gasteiger partial charge in [-0.05, 0) is 30.3 Å². The number of piperazine rings is 1. The van der Waals surface area contributed by atoms with Gasteiger partial charge in [-0.25, -0.2) is 9.37 Å². The molecule has 6 heteroatoms. The molecule has 1 aromatic carbocycles. The smallest absolute Gasteiger partial charge is 0.167 e. The van der Waals surface area contributed by atoms with Crippen molar-refractivity contribution in [3.05, 3.63) is 47.4 Å². The monoisotopic (exact) mass is 306 g/mol. The van der Waals surface area contributed by atoms with Crippen LogP contribution >= 0.6 is 11.6 Å². The largest absolute Gasteiger partial charge is 0.399 e. The van der Waals surface area contributed by atoms with E-state index in [1.165, 1.54) is 12.3 Å². The Labute approximate surface area is 127 Å². The van der Waals surface area contributed by atoms with Gasteiger partial charge in [0.25, 0.3) is 0 Å². The first kappa shape index (κ1) is 13.9. The first-order valence-corrected chi connectivity index (χ1v) is 7.18. The van der Waals surface area contributed by atoms with Crippen LogP contribution in [-0.4, -0.2) is 31.2 Å². The summed E-state index contributed by atoms with van der Waals surface area (Å²) < 4.78 is 13.9. The topological polar surface area (TPSA) is 45.4 Å². The number of anilines is 3. The molecular weight excluding hydrogens is 291 g/mol. The minimum Gasteiger partial charge on any atom is -0.399 e. The van der Waals surface area contributed by atoms with Crippen LogP contribution < -0.4 is 15.5 Å². The number of benzene rings is 1. The maximum Gasteiger partial charge on any atom is 0.167 e. The molecule has 3 rings (SSSR count). The Morgan fingerprint density at radius 2 is 1.67 bits per heavy atom. The number of nitrogens with zero attached hydrogens (tertiary/aromatic N) is 3. The zero-order valence-corrected chi connectivity index (χ0v) is 12.2. The first-order valence-electron chi connectivity index (χ1n) is 6.80. The molecule has 0 radical (unpaired) electrons. The van der Waals surface area contributed by atoms with Crippen molar-refractivity contribution in [1.29, 1.82) is 0 Å². The number of pyridine rings is 1. The van der Waals surface area contributed by atoms with Crippen molar-refractivity contribution in [3.63, 3.8) is 0 Å². The average molecular weight is 307 g/mol. The summed E-state index contributed by atoms with van der Waals surface area (Å²) in [4.78, 5) is 8.29. The van der Waals surface area contributed by atoms with E-state index in [1.54, 1.807) is 0 Å². The summed E-state index contributed by atoms with van der Waals surface area (Å²) in [5.41, 5.74) is 7.58. The van der Waals surface area contributed by atoms with Crippen molar-refractivity contribution in [2.75, 3.05) is 41.7 Å². The fraction of sp³-hybridized carbons (Fsp3) is 0.267. The van der Waals surface area contributed by atoms with E-state index < -0.39 is 0 Å². The van der Waals surface area contributed by atoms with E-state index in [1.807, 2.05) is 29.2 Å². The molecule has 0 unspecified atom stereocenters. The number of hydrogen-bond acceptors (Lipinski definition) is 4. The minimum atomic E-state index is -0.372. The van der Waals surface area contributed by atoms with Crippen LogP contribution in [0, 0.1) is 5.82 Å². The number of aromatic nitrogens is 1. The predicted molar refractivity (Wildman–Crippen MR) is 84.5 cm³/mol. The fourth-order valence-corrected chi connectivity index (χ4v) is 2.65. The van der Waals surface area contributed by atoms with Crippen LogP contribution in [0.1, 0.15) is 0 Å². The van der Waals surface area contributed by atoms with Gasteiger partial charge < -0.3 is 15.5 Å². The SMILES string of the molecule is Nc1ccc(N2CCN(c3ncc(Cl)cc3F)CC2)cc1. The van der Waals surface area contributed by atoms with E-state index in [4.69, 9.17) is 17.3 Å². The third-order valence-electron chi connectivity index (χ3n) is 3.63. The summed E-state index contributed by atoms with van der Waals surface area (Å²) >= 11 is 5.73. The summed E-state index contributed by atoms with van der Waals surface area (Å²) in [5.74, 6) is -0.000194. The minimum absolute atomic E-state index is 0.316. The molecular formula is C15H16ClFN4. The Morgan fingerprint density at radius 1 is 1.05 bits per heavy atom. The molecule has 0 spiro atoms. The van der Waals surface area contributed by atoms with Crippen molar-refractivity contribution in [2.45, 2.75) is 0 Å². The van der Waals surface area contributed by atoms with Gasteiger partial charge in [0.15, 0.2) is 11.6 Å². The van der Waals surface area contributed by atoms with Crippen LogP contribution in [0.5, 0.6) is 0 Å². The van der Waals surface area contributed by atoms with E-state index >= 15 is 0 Å². The van der Waals surface area contributed by atoms with Crippen LogP contribution in [0.25, 0.3) is 0 Å². The van der Waals surface area contributed by atoms with E-state index in [-0.39, 0.29) is 5.82 Å². The number of nitrogen functional groups attached to an aromatic ring is 1. The third kappa shape index (κ3) is 3.03. The maximum atomic E-state index is 13.9. The molecule has 2 N–H and O–H groups in total. The van der Waals surface area contributed by atoms with Gasteiger partial charge in [0, 0.05) is 43.8 Å². The molecule has 0 atom stereocenters. The van der Waals surface area contributed by atoms with Crippen molar-refractivity contribution < 1.29 is 4.39 Å². The molecule has 2 heterocycles. The number of rotatable bonds is 2. The molecule has 0 aliphatic carbocycles. The van der Waals surface area contributed by atoms with Crippen LogP contribution in [0.2, 0.25) is 5.02 Å². The van der Waals surface area contributed by atoms with Crippen LogP contribution in [0.15, 0.2) is 36.5 Å². The van der Waals surface area contributed by atoms with Crippen LogP contribution in [0.4, 0.5) is 21.6 Å². The van der Waals surface area contributed by atoms with Gasteiger partial charge in [0.05, 0.1) is 5.02 Å². The molecule has 1 aliphatic heterocycles. The number of hydrogen-bond donors (Lipinski definition) is 1. The lowest BCUT2D eigenvalue weighted by atomic mass is 10.2. The highest BCUT2D eigenvalue weighted by Gasteiger charge is 2.20. The Balaban J connectivity index is 1.68. The normalized spacial score (nSPS) is 15.3. The van der Waals surface area contributed by atoms with Gasteiger partial charge in [0.1, 0.15) is 0 Å². The van der Waals surface area contributed by atoms with E-state index in [9.17, 15) is 4.39 Å². The second-order valence-corrected chi connectivity index (χ2v) is 5.46. The average Bonchev–Trinajstić information content (AvgIpc) is 2.48. The van der Waals surface area contributed by atoms with Crippen molar-refractivity contribution in [2.24, 2.45) is 0 Å². The second kappa shape index (κ2) is 5.77. The maximum absolute atomic E-state index is 13.9. The molecule has 4 nitrogen and oxygen atoms in total. The molecule has 2 aromatic rings. The molecule has 0 saturated carbocycles. The van der Waals surface area contributed by atoms with Crippen molar-refractivity contribution in [3.8, 4) is 0 Å². The van der Waals surface area contributed by atoms with Crippen molar-refractivity contribution in [1.82, 2.24) is 4.98 Å². The summed E-state index contributed by atoms with van der Waals surface area (Å²) in [6.07, 6.45) is 1.48. The third-order valence-corrected chi connectivity index (χ3v) is 3.83. The molecule has 1 saturated heterocycles. The second-order valence-electron chi connectivity index (χ2n) is 5.02. The van der Waals surface area contributed by atoms with Crippen LogP contribution in [0.3, 0.4) is 0 Å². The first-order chi connectivity index (χ1) is 10.1. The quantitative estimate of drug-likeness (QED) is 0.867. The van der Waals surface area contributed by atoms with E-state index in [2.05, 4.69) is 9.88 Å². The van der Waals surface area contributed by atoms with Gasteiger partial charge in [0.2, 0.25) is 0 Å². The number of halogens is 2. The van der Waals surface area contributed by atoms with Gasteiger partial charge in [-0.15, -0.1) is 0 Å². The molecule has 1 aliphatic rings. The lowest BCUT2D eigenvalue weighted by Gasteiger charge is -2.36. The Bertz CT molecular complexity index is 624. The highest BCUT2D eigenvalue weighted by Crippen LogP contribution is 2.23. The summed E-state index contributed by atoms with van der Waals surface area (Å²) in [6.45, 7) is 3.06. The standard InChI is InChI=1S/C15H16ClFN4/c16-11-9-14(17)15(19-10-11)21-7-5-20(6-8-21)13-3-1-12(18)2-4-13/h1-4,9-10H,5-8,18H2. The molecule has 110 valence electrons. The molecule has 21 heavy (non-hydrogen) atoms. The summed E-state index contributed by atoms with van der Waals surface area (Å²) in [6, 6.07) is 9.10. The lowest BCUT2D eigenvalue weighted by molar-refractivity contribution is 0.588. The molecule has 0 amide bonds. The molecule has 0 bridgehead atoms. The van der Waals surface area contributed by atoms with Crippen LogP contribution in [-0.2, 0) is 0 Å². The van der Waals surface area contributed by atoms with Gasteiger partial charge in [-0.3, -0.25) is 0 Å². The fourth-order valence-electron chi connectivity index (χ4n) is 2.50. The highest BCUT2D eigenvalue weighted by atomic mass is 35.5. The summed E-state index contributed by atoms with van der Waals surface area (Å²) in [7, 11) is 0. The van der Waals surface area contributed by atoms with E-state index in [0.717, 1.165) is 37.6 Å². The Hall–Kier alpha value is -2.01. The highest BCUT2D eigenvalue weighted by molar-refractivity contribution is 6.30. The Kier molecular flexibility index (Phi) is 3.84.